The summed E-state index contributed by atoms with van der Waals surface area (Å²) in [5, 5.41) is 25.2. The standard InChI is InChI=1S/C31H32N6O3.C4H4O4/c1-21-4-2-3-5-26(21)31-35-34-30(40-31)22-6-8-24(9-7-22)36-14-16-37(17-15-36)29(38)20-39-25-10-11-28-27(18-25)23(12-13-32)19-33-28;5-3(6)1-2-4(7)8/h2-11,18-19,33H,12-17,20,32H2,1H3;1-2H,(H,5,6)(H,7,8)/b;2-1+. The molecule has 248 valence electrons. The van der Waals surface area contributed by atoms with E-state index in [9.17, 15) is 14.4 Å². The number of nitrogens with zero attached hydrogens (tertiary/aromatic N) is 4. The normalized spacial score (nSPS) is 13.0. The highest BCUT2D eigenvalue weighted by Gasteiger charge is 2.22. The predicted octanol–water partition coefficient (Wildman–Crippen LogP) is 4.13. The molecule has 6 rings (SSSR count). The van der Waals surface area contributed by atoms with Crippen LogP contribution in [0.1, 0.15) is 11.1 Å². The smallest absolute Gasteiger partial charge is 0.328 e. The van der Waals surface area contributed by atoms with Crippen molar-refractivity contribution in [3.8, 4) is 28.7 Å². The first-order chi connectivity index (χ1) is 23.2. The van der Waals surface area contributed by atoms with Crippen molar-refractivity contribution in [1.82, 2.24) is 20.1 Å². The van der Waals surface area contributed by atoms with Crippen LogP contribution in [0.15, 0.2) is 89.5 Å². The number of carbonyl (C=O) groups excluding carboxylic acids is 1. The van der Waals surface area contributed by atoms with Gasteiger partial charge in [-0.25, -0.2) is 9.59 Å². The van der Waals surface area contributed by atoms with E-state index in [1.807, 2.05) is 72.6 Å². The van der Waals surface area contributed by atoms with Gasteiger partial charge in [-0.05, 0) is 79.5 Å². The summed E-state index contributed by atoms with van der Waals surface area (Å²) in [6.07, 6.45) is 3.89. The van der Waals surface area contributed by atoms with Crippen LogP contribution < -0.4 is 15.4 Å². The van der Waals surface area contributed by atoms with E-state index in [0.29, 0.717) is 49.3 Å². The Morgan fingerprint density at radius 2 is 1.62 bits per heavy atom. The number of amides is 1. The minimum atomic E-state index is -1.26. The number of aromatic amines is 1. The first kappa shape index (κ1) is 33.4. The van der Waals surface area contributed by atoms with Crippen molar-refractivity contribution in [2.24, 2.45) is 5.73 Å². The Balaban J connectivity index is 0.000000503. The number of nitrogens with one attached hydrogen (secondary N) is 1. The van der Waals surface area contributed by atoms with Gasteiger partial charge in [0.05, 0.1) is 0 Å². The molecule has 0 bridgehead atoms. The molecule has 1 amide bonds. The maximum absolute atomic E-state index is 12.9. The zero-order valence-corrected chi connectivity index (χ0v) is 26.3. The molecule has 1 saturated heterocycles. The van der Waals surface area contributed by atoms with E-state index in [1.165, 1.54) is 0 Å². The van der Waals surface area contributed by atoms with Crippen LogP contribution in [0.25, 0.3) is 33.8 Å². The molecule has 0 unspecified atom stereocenters. The van der Waals surface area contributed by atoms with Crippen molar-refractivity contribution >= 4 is 34.4 Å². The second-order valence-electron chi connectivity index (χ2n) is 11.0. The van der Waals surface area contributed by atoms with Gasteiger partial charge in [-0.2, -0.15) is 0 Å². The van der Waals surface area contributed by atoms with Crippen molar-refractivity contribution in [2.75, 3.05) is 44.2 Å². The molecule has 0 aliphatic carbocycles. The van der Waals surface area contributed by atoms with Gasteiger partial charge in [0.2, 0.25) is 11.8 Å². The molecule has 13 heteroatoms. The molecule has 13 nitrogen and oxygen atoms in total. The number of anilines is 1. The molecule has 2 aromatic heterocycles. The maximum Gasteiger partial charge on any atom is 0.328 e. The van der Waals surface area contributed by atoms with Crippen LogP contribution in [0.4, 0.5) is 5.69 Å². The topological polar surface area (TPSA) is 188 Å². The molecule has 0 radical (unpaired) electrons. The average Bonchev–Trinajstić information content (AvgIpc) is 3.75. The Kier molecular flexibility index (Phi) is 10.8. The number of carboxylic acid groups (broad SMARTS) is 2. The first-order valence-electron chi connectivity index (χ1n) is 15.3. The second-order valence-corrected chi connectivity index (χ2v) is 11.0. The van der Waals surface area contributed by atoms with Crippen LogP contribution in [0.5, 0.6) is 5.75 Å². The monoisotopic (exact) mass is 652 g/mol. The van der Waals surface area contributed by atoms with Gasteiger partial charge in [-0.15, -0.1) is 10.2 Å². The van der Waals surface area contributed by atoms with Gasteiger partial charge < -0.3 is 39.9 Å². The van der Waals surface area contributed by atoms with Crippen LogP contribution in [-0.4, -0.2) is 87.5 Å². The number of carbonyl (C=O) groups is 3. The van der Waals surface area contributed by atoms with Gasteiger partial charge in [0.15, 0.2) is 6.61 Å². The van der Waals surface area contributed by atoms with E-state index in [1.54, 1.807) is 0 Å². The summed E-state index contributed by atoms with van der Waals surface area (Å²) >= 11 is 0. The van der Waals surface area contributed by atoms with E-state index in [4.69, 9.17) is 25.1 Å². The third kappa shape index (κ3) is 8.44. The van der Waals surface area contributed by atoms with E-state index < -0.39 is 11.9 Å². The number of aryl methyl sites for hydroxylation is 1. The summed E-state index contributed by atoms with van der Waals surface area (Å²) in [6.45, 7) is 5.42. The number of hydrogen-bond donors (Lipinski definition) is 4. The largest absolute Gasteiger partial charge is 0.484 e. The number of H-pyrrole nitrogens is 1. The van der Waals surface area contributed by atoms with Crippen LogP contribution >= 0.6 is 0 Å². The Labute approximate surface area is 276 Å². The molecule has 5 N–H and O–H groups in total. The lowest BCUT2D eigenvalue weighted by Crippen LogP contribution is -2.50. The number of ether oxygens (including phenoxy) is 1. The Hall–Kier alpha value is -5.95. The zero-order valence-electron chi connectivity index (χ0n) is 26.3. The van der Waals surface area contributed by atoms with Gasteiger partial charge in [0.1, 0.15) is 5.75 Å². The third-order valence-electron chi connectivity index (χ3n) is 7.80. The molecular formula is C35H36N6O7. The van der Waals surface area contributed by atoms with Crippen molar-refractivity contribution in [2.45, 2.75) is 13.3 Å². The molecule has 3 aromatic carbocycles. The average molecular weight is 653 g/mol. The summed E-state index contributed by atoms with van der Waals surface area (Å²) in [4.78, 5) is 39.4. The van der Waals surface area contributed by atoms with Gasteiger partial charge in [-0.3, -0.25) is 4.79 Å². The van der Waals surface area contributed by atoms with Crippen LogP contribution in [0.3, 0.4) is 0 Å². The highest BCUT2D eigenvalue weighted by Crippen LogP contribution is 2.28. The first-order valence-corrected chi connectivity index (χ1v) is 15.3. The number of fused-ring (bicyclic) bond motifs is 1. The quantitative estimate of drug-likeness (QED) is 0.159. The van der Waals surface area contributed by atoms with Gasteiger partial charge in [0, 0.05) is 72.2 Å². The third-order valence-corrected chi connectivity index (χ3v) is 7.80. The van der Waals surface area contributed by atoms with E-state index in [-0.39, 0.29) is 12.5 Å². The van der Waals surface area contributed by atoms with E-state index in [2.05, 4.69) is 32.2 Å². The summed E-state index contributed by atoms with van der Waals surface area (Å²) < 4.78 is 11.8. The summed E-state index contributed by atoms with van der Waals surface area (Å²) in [6, 6.07) is 21.9. The lowest BCUT2D eigenvalue weighted by molar-refractivity contribution is -0.134. The molecule has 48 heavy (non-hydrogen) atoms. The fraction of sp³-hybridized carbons (Fsp3) is 0.229. The number of aromatic nitrogens is 3. The number of benzene rings is 3. The molecule has 5 aromatic rings. The van der Waals surface area contributed by atoms with Crippen molar-refractivity contribution in [1.29, 1.82) is 0 Å². The summed E-state index contributed by atoms with van der Waals surface area (Å²) in [7, 11) is 0. The van der Waals surface area contributed by atoms with Crippen LogP contribution in [0, 0.1) is 6.92 Å². The SMILES string of the molecule is Cc1ccccc1-c1nnc(-c2ccc(N3CCN(C(=O)COc4ccc5[nH]cc(CCN)c5c4)CC3)cc2)o1.O=C(O)/C=C/C(=O)O. The lowest BCUT2D eigenvalue weighted by atomic mass is 10.1. The molecule has 1 fully saturated rings. The lowest BCUT2D eigenvalue weighted by Gasteiger charge is -2.36. The Morgan fingerprint density at radius 3 is 2.29 bits per heavy atom. The summed E-state index contributed by atoms with van der Waals surface area (Å²) in [5.74, 6) is -0.827. The van der Waals surface area contributed by atoms with Crippen molar-refractivity contribution < 1.29 is 33.8 Å². The number of aliphatic carboxylic acids is 2. The molecular weight excluding hydrogens is 616 g/mol. The molecule has 1 aliphatic rings. The second kappa shape index (κ2) is 15.6. The highest BCUT2D eigenvalue weighted by atomic mass is 16.5. The van der Waals surface area contributed by atoms with Gasteiger partial charge >= 0.3 is 11.9 Å². The Morgan fingerprint density at radius 1 is 0.938 bits per heavy atom. The predicted molar refractivity (Wildman–Crippen MR) is 180 cm³/mol. The Bertz CT molecular complexity index is 1890. The minimum Gasteiger partial charge on any atom is -0.484 e. The van der Waals surface area contributed by atoms with Gasteiger partial charge in [-0.1, -0.05) is 18.2 Å². The fourth-order valence-corrected chi connectivity index (χ4v) is 5.28. The number of hydrogen-bond acceptors (Lipinski definition) is 9. The van der Waals surface area contributed by atoms with E-state index in [0.717, 1.165) is 58.4 Å². The van der Waals surface area contributed by atoms with E-state index >= 15 is 0 Å². The molecule has 0 atom stereocenters. The highest BCUT2D eigenvalue weighted by molar-refractivity contribution is 5.89. The molecule has 0 spiro atoms. The van der Waals surface area contributed by atoms with Crippen LogP contribution in [0.2, 0.25) is 0 Å². The fourth-order valence-electron chi connectivity index (χ4n) is 5.28. The maximum atomic E-state index is 12.9. The number of nitrogens with two attached hydrogens (primary N) is 1. The molecule has 1 aliphatic heterocycles. The zero-order chi connectivity index (χ0) is 34.0. The number of piperazine rings is 1. The number of rotatable bonds is 10. The van der Waals surface area contributed by atoms with Gasteiger partial charge in [0.25, 0.3) is 5.91 Å². The number of carboxylic acids is 2. The molecule has 3 heterocycles. The van der Waals surface area contributed by atoms with Crippen LogP contribution in [-0.2, 0) is 20.8 Å². The van der Waals surface area contributed by atoms with Crippen molar-refractivity contribution in [3.05, 3.63) is 96.2 Å². The summed E-state index contributed by atoms with van der Waals surface area (Å²) in [5.41, 5.74) is 11.9. The molecule has 0 saturated carbocycles. The minimum absolute atomic E-state index is 0.00723. The van der Waals surface area contributed by atoms with Crippen molar-refractivity contribution in [3.63, 3.8) is 0 Å².